The summed E-state index contributed by atoms with van der Waals surface area (Å²) in [5.74, 6) is 0.887. The summed E-state index contributed by atoms with van der Waals surface area (Å²) in [5.41, 5.74) is 2.79. The molecule has 0 saturated heterocycles. The molecule has 5 nitrogen and oxygen atoms in total. The first-order chi connectivity index (χ1) is 13.5. The molecule has 0 unspecified atom stereocenters. The number of phenols is 2. The molecule has 138 valence electrons. The van der Waals surface area contributed by atoms with Gasteiger partial charge in [-0.3, -0.25) is 4.79 Å². The zero-order valence-corrected chi connectivity index (χ0v) is 15.1. The lowest BCUT2D eigenvalue weighted by molar-refractivity contribution is 0.474. The van der Waals surface area contributed by atoms with Crippen molar-refractivity contribution in [2.45, 2.75) is 6.92 Å². The van der Waals surface area contributed by atoms with Crippen molar-refractivity contribution in [3.63, 3.8) is 0 Å². The minimum Gasteiger partial charge on any atom is -0.508 e. The number of hydrogen-bond acceptors (Lipinski definition) is 5. The zero-order valence-electron chi connectivity index (χ0n) is 15.1. The third-order valence-electron chi connectivity index (χ3n) is 4.45. The molecular formula is C23H17NO4. The largest absolute Gasteiger partial charge is 0.508 e. The van der Waals surface area contributed by atoms with Crippen LogP contribution in [0.25, 0.3) is 33.3 Å². The molecule has 0 atom stereocenters. The van der Waals surface area contributed by atoms with Gasteiger partial charge in [-0.25, -0.2) is 4.98 Å². The summed E-state index contributed by atoms with van der Waals surface area (Å²) in [6.45, 7) is 2.04. The van der Waals surface area contributed by atoms with E-state index in [2.05, 4.69) is 4.98 Å². The van der Waals surface area contributed by atoms with Crippen LogP contribution in [0.3, 0.4) is 0 Å². The van der Waals surface area contributed by atoms with Gasteiger partial charge in [-0.1, -0.05) is 30.3 Å². The number of hydrogen-bond donors (Lipinski definition) is 2. The predicted molar refractivity (Wildman–Crippen MR) is 109 cm³/mol. The van der Waals surface area contributed by atoms with Crippen LogP contribution in [0.5, 0.6) is 11.5 Å². The molecule has 5 rings (SSSR count). The quantitative estimate of drug-likeness (QED) is 0.380. The highest BCUT2D eigenvalue weighted by Gasteiger charge is 2.09. The van der Waals surface area contributed by atoms with Gasteiger partial charge in [0.15, 0.2) is 16.8 Å². The Hall–Kier alpha value is -3.86. The molecule has 1 aliphatic heterocycles. The van der Waals surface area contributed by atoms with E-state index in [1.54, 1.807) is 24.3 Å². The van der Waals surface area contributed by atoms with E-state index in [4.69, 9.17) is 4.42 Å². The van der Waals surface area contributed by atoms with Crippen LogP contribution in [0.2, 0.25) is 0 Å². The molecule has 0 amide bonds. The summed E-state index contributed by atoms with van der Waals surface area (Å²) in [5, 5.41) is 20.9. The molecule has 0 saturated carbocycles. The van der Waals surface area contributed by atoms with Crippen LogP contribution in [-0.2, 0) is 0 Å². The monoisotopic (exact) mass is 371 g/mol. The van der Waals surface area contributed by atoms with Gasteiger partial charge in [-0.15, -0.1) is 0 Å². The molecule has 0 bridgehead atoms. The Morgan fingerprint density at radius 3 is 2.43 bits per heavy atom. The van der Waals surface area contributed by atoms with Crippen molar-refractivity contribution in [3.05, 3.63) is 88.6 Å². The van der Waals surface area contributed by atoms with Gasteiger partial charge in [-0.05, 0) is 48.2 Å². The fraction of sp³-hybridized carbons (Fsp3) is 0.0435. The zero-order chi connectivity index (χ0) is 19.7. The lowest BCUT2D eigenvalue weighted by atomic mass is 10.1. The maximum atomic E-state index is 11.1. The van der Waals surface area contributed by atoms with Gasteiger partial charge in [0.25, 0.3) is 0 Å². The highest BCUT2D eigenvalue weighted by Crippen LogP contribution is 2.27. The lowest BCUT2D eigenvalue weighted by Crippen LogP contribution is -1.99. The van der Waals surface area contributed by atoms with Crippen LogP contribution in [0, 0.1) is 6.92 Å². The Kier molecular flexibility index (Phi) is 4.41. The van der Waals surface area contributed by atoms with Gasteiger partial charge >= 0.3 is 0 Å². The Balaban J connectivity index is 0.000000143. The number of aryl methyl sites for hydroxylation is 1. The normalized spacial score (nSPS) is 10.8. The van der Waals surface area contributed by atoms with E-state index in [9.17, 15) is 15.0 Å². The maximum absolute atomic E-state index is 11.1. The number of nitrogens with zero attached hydrogens (tertiary/aromatic N) is 1. The molecule has 0 aromatic heterocycles. The third-order valence-corrected chi connectivity index (χ3v) is 4.45. The van der Waals surface area contributed by atoms with Gasteiger partial charge in [0.05, 0.1) is 0 Å². The van der Waals surface area contributed by atoms with Crippen molar-refractivity contribution in [2.75, 3.05) is 0 Å². The molecule has 3 aromatic carbocycles. The SMILES string of the molecule is Cc1ccc(O)c2ccccc12.O=c1ccc2nc3ccc(O)cc3oc-2c1. The second-order valence-electron chi connectivity index (χ2n) is 6.44. The van der Waals surface area contributed by atoms with E-state index in [0.29, 0.717) is 28.3 Å². The fourth-order valence-corrected chi connectivity index (χ4v) is 3.03. The number of benzene rings is 4. The molecule has 0 spiro atoms. The molecule has 0 radical (unpaired) electrons. The smallest absolute Gasteiger partial charge is 0.182 e. The van der Waals surface area contributed by atoms with Crippen LogP contribution < -0.4 is 5.43 Å². The fourth-order valence-electron chi connectivity index (χ4n) is 3.03. The van der Waals surface area contributed by atoms with E-state index in [1.165, 1.54) is 23.8 Å². The second kappa shape index (κ2) is 7.04. The van der Waals surface area contributed by atoms with Crippen molar-refractivity contribution in [1.29, 1.82) is 0 Å². The average Bonchev–Trinajstić information content (AvgIpc) is 2.70. The van der Waals surface area contributed by atoms with E-state index in [-0.39, 0.29) is 11.2 Å². The molecular weight excluding hydrogens is 354 g/mol. The van der Waals surface area contributed by atoms with Crippen LogP contribution in [0.1, 0.15) is 5.56 Å². The first kappa shape index (κ1) is 17.5. The Morgan fingerprint density at radius 2 is 1.64 bits per heavy atom. The van der Waals surface area contributed by atoms with Crippen molar-refractivity contribution >= 4 is 21.9 Å². The lowest BCUT2D eigenvalue weighted by Gasteiger charge is -2.05. The minimum absolute atomic E-state index is 0.107. The van der Waals surface area contributed by atoms with E-state index in [0.717, 1.165) is 10.8 Å². The Morgan fingerprint density at radius 1 is 0.857 bits per heavy atom. The van der Waals surface area contributed by atoms with E-state index < -0.39 is 0 Å². The predicted octanol–water partition coefficient (Wildman–Crippen LogP) is 4.85. The van der Waals surface area contributed by atoms with Crippen molar-refractivity contribution < 1.29 is 14.6 Å². The van der Waals surface area contributed by atoms with E-state index >= 15 is 0 Å². The molecule has 1 aliphatic carbocycles. The molecule has 3 aromatic rings. The van der Waals surface area contributed by atoms with Crippen molar-refractivity contribution in [1.82, 2.24) is 4.98 Å². The van der Waals surface area contributed by atoms with Crippen LogP contribution in [0.4, 0.5) is 0 Å². The van der Waals surface area contributed by atoms with E-state index in [1.807, 2.05) is 37.3 Å². The highest BCUT2D eigenvalue weighted by molar-refractivity contribution is 5.90. The summed E-state index contributed by atoms with van der Waals surface area (Å²) < 4.78 is 5.49. The Labute approximate surface area is 160 Å². The summed E-state index contributed by atoms with van der Waals surface area (Å²) in [6, 6.07) is 20.6. The standard InChI is InChI=1S/C12H7NO3.C11H10O/c14-7-1-3-9-11(5-7)16-12-6-8(15)2-4-10(12)13-9;1-8-6-7-11(12)10-5-3-2-4-9(8)10/h1-6,14H;2-7,12H,1H3. The highest BCUT2D eigenvalue weighted by atomic mass is 16.3. The number of fused-ring (bicyclic) bond motifs is 3. The number of aromatic hydroxyl groups is 2. The van der Waals surface area contributed by atoms with Crippen molar-refractivity contribution in [2.24, 2.45) is 0 Å². The second-order valence-corrected chi connectivity index (χ2v) is 6.44. The summed E-state index contributed by atoms with van der Waals surface area (Å²) in [6.07, 6.45) is 0. The van der Waals surface area contributed by atoms with Crippen molar-refractivity contribution in [3.8, 4) is 23.0 Å². The molecule has 28 heavy (non-hydrogen) atoms. The first-order valence-electron chi connectivity index (χ1n) is 8.72. The van der Waals surface area contributed by atoms with Gasteiger partial charge < -0.3 is 14.6 Å². The minimum atomic E-state index is -0.127. The molecule has 2 aliphatic rings. The maximum Gasteiger partial charge on any atom is 0.182 e. The summed E-state index contributed by atoms with van der Waals surface area (Å²) in [4.78, 5) is 15.5. The van der Waals surface area contributed by atoms with Crippen LogP contribution in [-0.4, -0.2) is 15.2 Å². The van der Waals surface area contributed by atoms with Gasteiger partial charge in [0, 0.05) is 17.5 Å². The molecule has 1 heterocycles. The summed E-state index contributed by atoms with van der Waals surface area (Å²) >= 11 is 0. The summed E-state index contributed by atoms with van der Waals surface area (Å²) in [7, 11) is 0. The number of aromatic nitrogens is 1. The first-order valence-corrected chi connectivity index (χ1v) is 8.72. The third kappa shape index (κ3) is 3.38. The number of phenolic OH excluding ortho intramolecular Hbond substituents is 2. The van der Waals surface area contributed by atoms with Crippen LogP contribution >= 0.6 is 0 Å². The number of rotatable bonds is 0. The average molecular weight is 371 g/mol. The molecule has 2 N–H and O–H groups in total. The van der Waals surface area contributed by atoms with Gasteiger partial charge in [0.1, 0.15) is 22.7 Å². The van der Waals surface area contributed by atoms with Gasteiger partial charge in [0.2, 0.25) is 0 Å². The van der Waals surface area contributed by atoms with Crippen LogP contribution in [0.15, 0.2) is 82.0 Å². The van der Waals surface area contributed by atoms with Gasteiger partial charge in [-0.2, -0.15) is 0 Å². The Bertz CT molecular complexity index is 1280. The molecule has 5 heteroatoms. The topological polar surface area (TPSA) is 83.6 Å². The molecule has 0 fully saturated rings.